The van der Waals surface area contributed by atoms with E-state index in [0.717, 1.165) is 0 Å². The Morgan fingerprint density at radius 1 is 1.00 bits per heavy atom. The molecule has 1 saturated heterocycles. The number of hydrogen-bond acceptors (Lipinski definition) is 4. The fraction of sp³-hybridized carbons (Fsp3) is 1.00. The van der Waals surface area contributed by atoms with E-state index in [1.54, 1.807) is 0 Å². The summed E-state index contributed by atoms with van der Waals surface area (Å²) in [5.74, 6) is 1.31. The van der Waals surface area contributed by atoms with Crippen molar-refractivity contribution >= 4 is 11.8 Å². The second-order valence-electron chi connectivity index (χ2n) is 4.95. The molecule has 4 heteroatoms. The SMILES string of the molecule is CSCCCCNCCCN1CCN(C)CC1. The molecule has 102 valence electrons. The van der Waals surface area contributed by atoms with Crippen molar-refractivity contribution in [2.75, 3.05) is 64.9 Å². The number of piperazine rings is 1. The lowest BCUT2D eigenvalue weighted by Crippen LogP contribution is -2.45. The van der Waals surface area contributed by atoms with Gasteiger partial charge in [-0.15, -0.1) is 0 Å². The molecule has 0 saturated carbocycles. The van der Waals surface area contributed by atoms with Crippen molar-refractivity contribution in [2.24, 2.45) is 0 Å². The number of hydrogen-bond donors (Lipinski definition) is 1. The Labute approximate surface area is 111 Å². The van der Waals surface area contributed by atoms with Gasteiger partial charge in [-0.05, 0) is 58.0 Å². The Morgan fingerprint density at radius 2 is 1.71 bits per heavy atom. The Kier molecular flexibility index (Phi) is 9.16. The molecule has 0 aromatic carbocycles. The number of likely N-dealkylation sites (N-methyl/N-ethyl adjacent to an activating group) is 1. The van der Waals surface area contributed by atoms with Crippen LogP contribution in [0.1, 0.15) is 19.3 Å². The number of unbranched alkanes of at least 4 members (excludes halogenated alkanes) is 1. The van der Waals surface area contributed by atoms with Crippen molar-refractivity contribution in [3.05, 3.63) is 0 Å². The van der Waals surface area contributed by atoms with Crippen molar-refractivity contribution in [3.63, 3.8) is 0 Å². The summed E-state index contributed by atoms with van der Waals surface area (Å²) in [5, 5.41) is 3.55. The third-order valence-corrected chi connectivity index (χ3v) is 4.07. The number of nitrogens with zero attached hydrogens (tertiary/aromatic N) is 2. The fourth-order valence-corrected chi connectivity index (χ4v) is 2.61. The van der Waals surface area contributed by atoms with Crippen LogP contribution >= 0.6 is 11.8 Å². The van der Waals surface area contributed by atoms with Gasteiger partial charge in [-0.25, -0.2) is 0 Å². The standard InChI is InChI=1S/C13H29N3S/c1-15-9-11-16(12-10-15)8-5-7-14-6-3-4-13-17-2/h14H,3-13H2,1-2H3. The summed E-state index contributed by atoms with van der Waals surface area (Å²) >= 11 is 1.95. The maximum Gasteiger partial charge on any atom is 0.0110 e. The number of rotatable bonds is 9. The Balaban J connectivity index is 1.81. The molecule has 17 heavy (non-hydrogen) atoms. The van der Waals surface area contributed by atoms with Crippen LogP contribution in [0.2, 0.25) is 0 Å². The van der Waals surface area contributed by atoms with Crippen molar-refractivity contribution in [1.29, 1.82) is 0 Å². The number of nitrogens with one attached hydrogen (secondary N) is 1. The largest absolute Gasteiger partial charge is 0.317 e. The van der Waals surface area contributed by atoms with Crippen molar-refractivity contribution in [1.82, 2.24) is 15.1 Å². The molecule has 1 aliphatic rings. The zero-order valence-corrected chi connectivity index (χ0v) is 12.4. The first-order valence-corrected chi connectivity index (χ1v) is 8.33. The highest BCUT2D eigenvalue weighted by Crippen LogP contribution is 2.00. The maximum absolute atomic E-state index is 3.55. The summed E-state index contributed by atoms with van der Waals surface area (Å²) in [6, 6.07) is 0. The van der Waals surface area contributed by atoms with Crippen LogP contribution < -0.4 is 5.32 Å². The molecule has 0 bridgehead atoms. The molecule has 3 nitrogen and oxygen atoms in total. The molecule has 0 aromatic rings. The van der Waals surface area contributed by atoms with E-state index in [1.807, 2.05) is 11.8 Å². The van der Waals surface area contributed by atoms with Crippen LogP contribution in [-0.2, 0) is 0 Å². The molecule has 0 radical (unpaired) electrons. The van der Waals surface area contributed by atoms with Crippen LogP contribution in [0, 0.1) is 0 Å². The zero-order valence-electron chi connectivity index (χ0n) is 11.6. The van der Waals surface area contributed by atoms with E-state index in [9.17, 15) is 0 Å². The minimum atomic E-state index is 1.19. The van der Waals surface area contributed by atoms with Gasteiger partial charge in [0.15, 0.2) is 0 Å². The molecule has 1 fully saturated rings. The molecule has 0 atom stereocenters. The lowest BCUT2D eigenvalue weighted by molar-refractivity contribution is 0.153. The van der Waals surface area contributed by atoms with Gasteiger partial charge in [0.1, 0.15) is 0 Å². The van der Waals surface area contributed by atoms with Gasteiger partial charge in [-0.1, -0.05) is 0 Å². The van der Waals surface area contributed by atoms with Gasteiger partial charge in [0.25, 0.3) is 0 Å². The Hall–Kier alpha value is 0.230. The summed E-state index contributed by atoms with van der Waals surface area (Å²) in [5.41, 5.74) is 0. The van der Waals surface area contributed by atoms with Gasteiger partial charge in [0, 0.05) is 26.2 Å². The van der Waals surface area contributed by atoms with E-state index in [-0.39, 0.29) is 0 Å². The second-order valence-corrected chi connectivity index (χ2v) is 5.93. The monoisotopic (exact) mass is 259 g/mol. The predicted molar refractivity (Wildman–Crippen MR) is 79.0 cm³/mol. The van der Waals surface area contributed by atoms with E-state index >= 15 is 0 Å². The molecule has 1 heterocycles. The molecule has 1 N–H and O–H groups in total. The smallest absolute Gasteiger partial charge is 0.0110 e. The number of thioether (sulfide) groups is 1. The minimum Gasteiger partial charge on any atom is -0.317 e. The first-order valence-electron chi connectivity index (χ1n) is 6.93. The van der Waals surface area contributed by atoms with Crippen LogP contribution in [0.25, 0.3) is 0 Å². The lowest BCUT2D eigenvalue weighted by Gasteiger charge is -2.32. The van der Waals surface area contributed by atoms with E-state index in [4.69, 9.17) is 0 Å². The van der Waals surface area contributed by atoms with Crippen LogP contribution in [-0.4, -0.2) is 74.7 Å². The minimum absolute atomic E-state index is 1.19. The summed E-state index contributed by atoms with van der Waals surface area (Å²) in [7, 11) is 2.22. The normalized spacial score (nSPS) is 18.7. The predicted octanol–water partition coefficient (Wildman–Crippen LogP) is 1.36. The highest BCUT2D eigenvalue weighted by molar-refractivity contribution is 7.98. The molecular formula is C13H29N3S. The Morgan fingerprint density at radius 3 is 2.41 bits per heavy atom. The highest BCUT2D eigenvalue weighted by atomic mass is 32.2. The first-order chi connectivity index (χ1) is 8.33. The summed E-state index contributed by atoms with van der Waals surface area (Å²) < 4.78 is 0. The van der Waals surface area contributed by atoms with Crippen molar-refractivity contribution < 1.29 is 0 Å². The van der Waals surface area contributed by atoms with Gasteiger partial charge in [-0.2, -0.15) is 11.8 Å². The fourth-order valence-electron chi connectivity index (χ4n) is 2.12. The average Bonchev–Trinajstić information content (AvgIpc) is 2.35. The molecule has 0 unspecified atom stereocenters. The van der Waals surface area contributed by atoms with Gasteiger partial charge < -0.3 is 15.1 Å². The van der Waals surface area contributed by atoms with Crippen molar-refractivity contribution in [3.8, 4) is 0 Å². The zero-order chi connectivity index (χ0) is 12.3. The molecule has 0 amide bonds. The van der Waals surface area contributed by atoms with Crippen LogP contribution in [0.5, 0.6) is 0 Å². The molecule has 1 rings (SSSR count). The van der Waals surface area contributed by atoms with E-state index in [2.05, 4.69) is 28.4 Å². The molecule has 0 aliphatic carbocycles. The maximum atomic E-state index is 3.55. The van der Waals surface area contributed by atoms with Crippen LogP contribution in [0.15, 0.2) is 0 Å². The van der Waals surface area contributed by atoms with E-state index < -0.39 is 0 Å². The van der Waals surface area contributed by atoms with Crippen LogP contribution in [0.4, 0.5) is 0 Å². The van der Waals surface area contributed by atoms with Crippen molar-refractivity contribution in [2.45, 2.75) is 19.3 Å². The second kappa shape index (κ2) is 10.2. The van der Waals surface area contributed by atoms with Gasteiger partial charge in [0.2, 0.25) is 0 Å². The highest BCUT2D eigenvalue weighted by Gasteiger charge is 2.12. The van der Waals surface area contributed by atoms with Gasteiger partial charge >= 0.3 is 0 Å². The molecule has 0 aromatic heterocycles. The van der Waals surface area contributed by atoms with Gasteiger partial charge in [-0.3, -0.25) is 0 Å². The molecular weight excluding hydrogens is 230 g/mol. The quantitative estimate of drug-likeness (QED) is 0.630. The van der Waals surface area contributed by atoms with Gasteiger partial charge in [0.05, 0.1) is 0 Å². The summed E-state index contributed by atoms with van der Waals surface area (Å²) in [4.78, 5) is 5.01. The molecule has 0 spiro atoms. The van der Waals surface area contributed by atoms with E-state index in [1.165, 1.54) is 70.8 Å². The topological polar surface area (TPSA) is 18.5 Å². The Bertz CT molecular complexity index is 170. The lowest BCUT2D eigenvalue weighted by atomic mass is 10.3. The summed E-state index contributed by atoms with van der Waals surface area (Å²) in [6.07, 6.45) is 6.16. The third-order valence-electron chi connectivity index (χ3n) is 3.38. The molecule has 1 aliphatic heterocycles. The van der Waals surface area contributed by atoms with Crippen LogP contribution in [0.3, 0.4) is 0 Å². The van der Waals surface area contributed by atoms with E-state index in [0.29, 0.717) is 0 Å². The summed E-state index contributed by atoms with van der Waals surface area (Å²) in [6.45, 7) is 8.64. The first kappa shape index (κ1) is 15.3. The average molecular weight is 259 g/mol. The third kappa shape index (κ3) is 8.03.